The van der Waals surface area contributed by atoms with Crippen LogP contribution in [0.2, 0.25) is 0 Å². The molecule has 0 aromatic heterocycles. The van der Waals surface area contributed by atoms with Crippen molar-refractivity contribution >= 4 is 11.7 Å². The van der Waals surface area contributed by atoms with Crippen LogP contribution in [-0.2, 0) is 16.0 Å². The van der Waals surface area contributed by atoms with Gasteiger partial charge in [-0.2, -0.15) is 0 Å². The lowest BCUT2D eigenvalue weighted by Crippen LogP contribution is -2.40. The summed E-state index contributed by atoms with van der Waals surface area (Å²) in [5.41, 5.74) is 2.27. The molecular weight excluding hydrogens is 238 g/mol. The van der Waals surface area contributed by atoms with E-state index in [1.807, 2.05) is 36.1 Å². The van der Waals surface area contributed by atoms with E-state index < -0.39 is 0 Å². The Bertz CT molecular complexity index is 456. The first kappa shape index (κ1) is 13.8. The van der Waals surface area contributed by atoms with Crippen molar-refractivity contribution in [3.05, 3.63) is 35.4 Å². The number of benzene rings is 1. The molecule has 3 heteroatoms. The number of rotatable bonds is 3. The molecule has 1 saturated heterocycles. The predicted octanol–water partition coefficient (Wildman–Crippen LogP) is 2.37. The normalized spacial score (nSPS) is 16.4. The van der Waals surface area contributed by atoms with Gasteiger partial charge >= 0.3 is 0 Å². The van der Waals surface area contributed by atoms with Gasteiger partial charge in [0.15, 0.2) is 0 Å². The van der Waals surface area contributed by atoms with Gasteiger partial charge in [-0.25, -0.2) is 0 Å². The summed E-state index contributed by atoms with van der Waals surface area (Å²) in [4.78, 5) is 25.4. The Morgan fingerprint density at radius 1 is 1.16 bits per heavy atom. The fraction of sp³-hybridized carbons (Fsp3) is 0.500. The molecule has 1 aromatic rings. The van der Waals surface area contributed by atoms with E-state index in [-0.39, 0.29) is 17.6 Å². The highest BCUT2D eigenvalue weighted by molar-refractivity contribution is 5.80. The molecule has 0 atom stereocenters. The molecule has 102 valence electrons. The van der Waals surface area contributed by atoms with Gasteiger partial charge in [0.2, 0.25) is 5.91 Å². The zero-order chi connectivity index (χ0) is 13.8. The number of amides is 1. The molecule has 19 heavy (non-hydrogen) atoms. The van der Waals surface area contributed by atoms with Crippen LogP contribution in [0.5, 0.6) is 0 Å². The van der Waals surface area contributed by atoms with Gasteiger partial charge < -0.3 is 4.90 Å². The number of likely N-dealkylation sites (tertiary alicyclic amines) is 1. The van der Waals surface area contributed by atoms with Gasteiger partial charge in [0.25, 0.3) is 0 Å². The summed E-state index contributed by atoms with van der Waals surface area (Å²) in [5, 5.41) is 0. The fourth-order valence-electron chi connectivity index (χ4n) is 2.53. The molecular formula is C16H21NO2. The maximum Gasteiger partial charge on any atom is 0.226 e. The third kappa shape index (κ3) is 3.66. The molecule has 0 saturated carbocycles. The largest absolute Gasteiger partial charge is 0.342 e. The van der Waals surface area contributed by atoms with E-state index in [1.165, 1.54) is 5.56 Å². The van der Waals surface area contributed by atoms with Gasteiger partial charge in [-0.15, -0.1) is 0 Å². The van der Waals surface area contributed by atoms with Gasteiger partial charge in [-0.05, 0) is 32.3 Å². The first-order valence-corrected chi connectivity index (χ1v) is 6.90. The Balaban J connectivity index is 1.88. The second-order valence-corrected chi connectivity index (χ2v) is 5.43. The highest BCUT2D eigenvalue weighted by Crippen LogP contribution is 2.18. The van der Waals surface area contributed by atoms with E-state index in [9.17, 15) is 9.59 Å². The number of nitrogens with zero attached hydrogens (tertiary/aromatic N) is 1. The third-order valence-corrected chi connectivity index (χ3v) is 3.90. The lowest BCUT2D eigenvalue weighted by Gasteiger charge is -2.31. The Kier molecular flexibility index (Phi) is 4.35. The standard InChI is InChI=1S/C16H21NO2/c1-12-3-5-14(6-4-12)11-16(19)17-9-7-15(8-10-17)13(2)18/h3-6,15H,7-11H2,1-2H3. The molecule has 0 N–H and O–H groups in total. The average Bonchev–Trinajstić information content (AvgIpc) is 2.41. The second kappa shape index (κ2) is 6.00. The molecule has 0 bridgehead atoms. The van der Waals surface area contributed by atoms with Crippen molar-refractivity contribution in [2.45, 2.75) is 33.1 Å². The van der Waals surface area contributed by atoms with Gasteiger partial charge in [0.1, 0.15) is 5.78 Å². The first-order chi connectivity index (χ1) is 9.06. The number of hydrogen-bond acceptors (Lipinski definition) is 2. The van der Waals surface area contributed by atoms with E-state index in [4.69, 9.17) is 0 Å². The van der Waals surface area contributed by atoms with E-state index >= 15 is 0 Å². The number of piperidine rings is 1. The molecule has 3 nitrogen and oxygen atoms in total. The smallest absolute Gasteiger partial charge is 0.226 e. The molecule has 1 aromatic carbocycles. The zero-order valence-corrected chi connectivity index (χ0v) is 11.7. The molecule has 0 spiro atoms. The number of ketones is 1. The second-order valence-electron chi connectivity index (χ2n) is 5.43. The van der Waals surface area contributed by atoms with Gasteiger partial charge in [-0.1, -0.05) is 29.8 Å². The number of hydrogen-bond donors (Lipinski definition) is 0. The van der Waals surface area contributed by atoms with Crippen LogP contribution in [0.3, 0.4) is 0 Å². The number of Topliss-reactive ketones (excluding diaryl/α,β-unsaturated/α-hetero) is 1. The van der Waals surface area contributed by atoms with E-state index in [1.54, 1.807) is 6.92 Å². The summed E-state index contributed by atoms with van der Waals surface area (Å²) in [7, 11) is 0. The van der Waals surface area contributed by atoms with Crippen molar-refractivity contribution in [3.63, 3.8) is 0 Å². The van der Waals surface area contributed by atoms with E-state index in [0.717, 1.165) is 31.5 Å². The van der Waals surface area contributed by atoms with Gasteiger partial charge in [0, 0.05) is 19.0 Å². The summed E-state index contributed by atoms with van der Waals surface area (Å²) in [6, 6.07) is 8.08. The molecule has 1 aliphatic heterocycles. The van der Waals surface area contributed by atoms with Crippen LogP contribution in [0.1, 0.15) is 30.9 Å². The van der Waals surface area contributed by atoms with E-state index in [0.29, 0.717) is 6.42 Å². The lowest BCUT2D eigenvalue weighted by atomic mass is 9.93. The summed E-state index contributed by atoms with van der Waals surface area (Å²) in [6.45, 7) is 5.12. The van der Waals surface area contributed by atoms with Crippen molar-refractivity contribution in [2.75, 3.05) is 13.1 Å². The molecule has 0 radical (unpaired) electrons. The monoisotopic (exact) mass is 259 g/mol. The molecule has 1 heterocycles. The number of carbonyl (C=O) groups excluding carboxylic acids is 2. The van der Waals surface area contributed by atoms with Crippen molar-refractivity contribution in [1.82, 2.24) is 4.90 Å². The minimum Gasteiger partial charge on any atom is -0.342 e. The summed E-state index contributed by atoms with van der Waals surface area (Å²) >= 11 is 0. The molecule has 0 aliphatic carbocycles. The molecule has 2 rings (SSSR count). The van der Waals surface area contributed by atoms with Crippen LogP contribution >= 0.6 is 0 Å². The van der Waals surface area contributed by atoms with Crippen molar-refractivity contribution in [1.29, 1.82) is 0 Å². The topological polar surface area (TPSA) is 37.4 Å². The first-order valence-electron chi connectivity index (χ1n) is 6.90. The Hall–Kier alpha value is -1.64. The predicted molar refractivity (Wildman–Crippen MR) is 74.9 cm³/mol. The highest BCUT2D eigenvalue weighted by Gasteiger charge is 2.24. The summed E-state index contributed by atoms with van der Waals surface area (Å²) in [6.07, 6.45) is 2.09. The minimum absolute atomic E-state index is 0.156. The molecule has 1 aliphatic rings. The Labute approximate surface area is 114 Å². The van der Waals surface area contributed by atoms with Crippen molar-refractivity contribution < 1.29 is 9.59 Å². The van der Waals surface area contributed by atoms with Crippen LogP contribution in [0.4, 0.5) is 0 Å². The quantitative estimate of drug-likeness (QED) is 0.835. The molecule has 1 amide bonds. The van der Waals surface area contributed by atoms with Gasteiger partial charge in [-0.3, -0.25) is 9.59 Å². The highest BCUT2D eigenvalue weighted by atomic mass is 16.2. The SMILES string of the molecule is CC(=O)C1CCN(C(=O)Cc2ccc(C)cc2)CC1. The zero-order valence-electron chi connectivity index (χ0n) is 11.7. The Morgan fingerprint density at radius 3 is 2.26 bits per heavy atom. The Morgan fingerprint density at radius 2 is 1.74 bits per heavy atom. The summed E-state index contributed by atoms with van der Waals surface area (Å²) in [5.74, 6) is 0.583. The van der Waals surface area contributed by atoms with Gasteiger partial charge in [0.05, 0.1) is 6.42 Å². The number of aryl methyl sites for hydroxylation is 1. The average molecular weight is 259 g/mol. The van der Waals surface area contributed by atoms with Crippen LogP contribution < -0.4 is 0 Å². The molecule has 1 fully saturated rings. The van der Waals surface area contributed by atoms with E-state index in [2.05, 4.69) is 0 Å². The van der Waals surface area contributed by atoms with Crippen LogP contribution in [-0.4, -0.2) is 29.7 Å². The number of carbonyl (C=O) groups is 2. The maximum absolute atomic E-state index is 12.2. The molecule has 0 unspecified atom stereocenters. The summed E-state index contributed by atoms with van der Waals surface area (Å²) < 4.78 is 0. The maximum atomic E-state index is 12.2. The van der Waals surface area contributed by atoms with Crippen LogP contribution in [0, 0.1) is 12.8 Å². The third-order valence-electron chi connectivity index (χ3n) is 3.90. The van der Waals surface area contributed by atoms with Crippen molar-refractivity contribution in [2.24, 2.45) is 5.92 Å². The van der Waals surface area contributed by atoms with Crippen LogP contribution in [0.15, 0.2) is 24.3 Å². The van der Waals surface area contributed by atoms with Crippen molar-refractivity contribution in [3.8, 4) is 0 Å². The fourth-order valence-corrected chi connectivity index (χ4v) is 2.53. The minimum atomic E-state index is 0.156. The lowest BCUT2D eigenvalue weighted by molar-refractivity contribution is -0.134. The van der Waals surface area contributed by atoms with Crippen LogP contribution in [0.25, 0.3) is 0 Å².